The second-order valence-corrected chi connectivity index (χ2v) is 12.3. The molecule has 57 heavy (non-hydrogen) atoms. The van der Waals surface area contributed by atoms with Crippen molar-refractivity contribution in [3.63, 3.8) is 0 Å². The Kier molecular flexibility index (Phi) is 11.8. The number of Topliss-reactive ketones (excluding diaryl/α,β-unsaturated/α-hetero) is 3. The molecular formula is C45H33N9O3. The third-order valence-corrected chi connectivity index (χ3v) is 8.38. The highest BCUT2D eigenvalue weighted by Crippen LogP contribution is 2.32. The number of hydrogen-bond acceptors (Lipinski definition) is 12. The van der Waals surface area contributed by atoms with Gasteiger partial charge < -0.3 is 16.0 Å². The largest absolute Gasteiger partial charge is 0.359 e. The Morgan fingerprint density at radius 2 is 0.544 bits per heavy atom. The van der Waals surface area contributed by atoms with Crippen LogP contribution in [0.3, 0.4) is 0 Å². The second-order valence-electron chi connectivity index (χ2n) is 12.3. The fraction of sp³-hybridized carbons (Fsp3) is 0. The molecule has 276 valence electrons. The summed E-state index contributed by atoms with van der Waals surface area (Å²) in [7, 11) is 0. The monoisotopic (exact) mass is 747 g/mol. The van der Waals surface area contributed by atoms with Crippen molar-refractivity contribution in [2.45, 2.75) is 0 Å². The summed E-state index contributed by atoms with van der Waals surface area (Å²) in [4.78, 5) is 42.2. The minimum Gasteiger partial charge on any atom is -0.359 e. The number of azo groups is 3. The third-order valence-electron chi connectivity index (χ3n) is 8.38. The Bertz CT molecular complexity index is 2290. The Balaban J connectivity index is 1.22. The number of carbonyl (C=O) groups is 3. The zero-order chi connectivity index (χ0) is 39.2. The summed E-state index contributed by atoms with van der Waals surface area (Å²) < 4.78 is 0. The molecule has 0 bridgehead atoms. The van der Waals surface area contributed by atoms with Gasteiger partial charge in [-0.05, 0) is 72.8 Å². The maximum absolute atomic E-state index is 14.1. The first-order valence-corrected chi connectivity index (χ1v) is 17.8. The predicted molar refractivity (Wildman–Crippen MR) is 221 cm³/mol. The van der Waals surface area contributed by atoms with Gasteiger partial charge in [0.1, 0.15) is 17.1 Å². The van der Waals surface area contributed by atoms with E-state index in [0.29, 0.717) is 51.2 Å². The highest BCUT2D eigenvalue weighted by atomic mass is 16.2. The third kappa shape index (κ3) is 9.47. The maximum atomic E-state index is 14.1. The lowest BCUT2D eigenvalue weighted by atomic mass is 9.84. The van der Waals surface area contributed by atoms with Crippen molar-refractivity contribution in [2.75, 3.05) is 16.0 Å². The number of allylic oxidation sites excluding steroid dienone is 3. The van der Waals surface area contributed by atoms with Crippen molar-refractivity contribution in [1.82, 2.24) is 0 Å². The van der Waals surface area contributed by atoms with Crippen LogP contribution < -0.4 is 16.0 Å². The van der Waals surface area contributed by atoms with E-state index in [2.05, 4.69) is 46.6 Å². The van der Waals surface area contributed by atoms with Crippen LogP contribution in [0.15, 0.2) is 230 Å². The molecule has 1 aliphatic carbocycles. The molecule has 0 aromatic heterocycles. The number of ketones is 3. The van der Waals surface area contributed by atoms with Crippen molar-refractivity contribution < 1.29 is 14.4 Å². The summed E-state index contributed by atoms with van der Waals surface area (Å²) in [6.07, 6.45) is 3.83. The first kappa shape index (κ1) is 37.1. The topological polar surface area (TPSA) is 161 Å². The van der Waals surface area contributed by atoms with Crippen molar-refractivity contribution >= 4 is 68.5 Å². The lowest BCUT2D eigenvalue weighted by Crippen LogP contribution is -2.33. The van der Waals surface area contributed by atoms with Crippen LogP contribution in [0.1, 0.15) is 0 Å². The van der Waals surface area contributed by atoms with Gasteiger partial charge in [0.25, 0.3) is 0 Å². The van der Waals surface area contributed by atoms with Gasteiger partial charge in [-0.15, -0.1) is 15.3 Å². The molecule has 6 aromatic rings. The van der Waals surface area contributed by atoms with Crippen LogP contribution in [-0.2, 0) is 14.4 Å². The molecule has 1 saturated carbocycles. The van der Waals surface area contributed by atoms with Gasteiger partial charge in [0.15, 0.2) is 0 Å². The van der Waals surface area contributed by atoms with Gasteiger partial charge in [0.2, 0.25) is 17.3 Å². The van der Waals surface area contributed by atoms with E-state index in [1.165, 1.54) is 18.6 Å². The van der Waals surface area contributed by atoms with E-state index in [0.717, 1.165) is 0 Å². The van der Waals surface area contributed by atoms with Gasteiger partial charge in [-0.2, -0.15) is 15.3 Å². The Morgan fingerprint density at radius 3 is 0.825 bits per heavy atom. The van der Waals surface area contributed by atoms with Crippen LogP contribution in [0.2, 0.25) is 0 Å². The summed E-state index contributed by atoms with van der Waals surface area (Å²) in [5, 5.41) is 35.1. The van der Waals surface area contributed by atoms with E-state index in [4.69, 9.17) is 0 Å². The number of hydrogen-bond donors (Lipinski definition) is 3. The lowest BCUT2D eigenvalue weighted by Gasteiger charge is -2.18. The molecule has 6 aromatic carbocycles. The number of anilines is 3. The van der Waals surface area contributed by atoms with Crippen LogP contribution in [0.4, 0.5) is 51.2 Å². The second kappa shape index (κ2) is 18.2. The molecule has 3 N–H and O–H groups in total. The predicted octanol–water partition coefficient (Wildman–Crippen LogP) is 11.9. The number of benzene rings is 6. The van der Waals surface area contributed by atoms with Crippen molar-refractivity contribution in [3.05, 3.63) is 199 Å². The molecule has 0 saturated heterocycles. The van der Waals surface area contributed by atoms with E-state index >= 15 is 0 Å². The molecule has 12 heteroatoms. The van der Waals surface area contributed by atoms with Gasteiger partial charge in [-0.25, -0.2) is 0 Å². The van der Waals surface area contributed by atoms with Gasteiger partial charge in [0, 0.05) is 18.6 Å². The molecule has 0 aliphatic heterocycles. The maximum Gasteiger partial charge on any atom is 0.203 e. The summed E-state index contributed by atoms with van der Waals surface area (Å²) in [6.45, 7) is 0. The Morgan fingerprint density at radius 1 is 0.298 bits per heavy atom. The average molecular weight is 748 g/mol. The first-order chi connectivity index (χ1) is 28.0. The van der Waals surface area contributed by atoms with Gasteiger partial charge >= 0.3 is 0 Å². The van der Waals surface area contributed by atoms with Crippen LogP contribution in [0.25, 0.3) is 0 Å². The Hall–Kier alpha value is -8.25. The standard InChI is InChI=1S/C45H33N9O3/c55-43-34(28-46-37-22-10-13-25-40(37)52-49-31-16-4-1-5-17-31)44(56)36(30-48-39-24-12-15-27-42(39)54-51-33-20-8-3-9-21-33)45(57)35(43)29-47-38-23-11-14-26-41(38)53-50-32-18-6-2-7-19-32/h1-30,46-48H. The summed E-state index contributed by atoms with van der Waals surface area (Å²) >= 11 is 0. The van der Waals surface area contributed by atoms with Crippen molar-refractivity contribution in [3.8, 4) is 0 Å². The van der Waals surface area contributed by atoms with Crippen LogP contribution >= 0.6 is 0 Å². The van der Waals surface area contributed by atoms with Crippen molar-refractivity contribution in [1.29, 1.82) is 0 Å². The normalized spacial score (nSPS) is 13.1. The highest BCUT2D eigenvalue weighted by molar-refractivity contribution is 6.51. The molecule has 0 unspecified atom stereocenters. The molecule has 1 aliphatic rings. The van der Waals surface area contributed by atoms with E-state index < -0.39 is 17.3 Å². The van der Waals surface area contributed by atoms with Crippen LogP contribution in [0, 0.1) is 0 Å². The van der Waals surface area contributed by atoms with Crippen LogP contribution in [-0.4, -0.2) is 17.3 Å². The number of carbonyl (C=O) groups excluding carboxylic acids is 3. The Labute approximate surface area is 327 Å². The average Bonchev–Trinajstić information content (AvgIpc) is 3.26. The molecule has 1 fully saturated rings. The minimum atomic E-state index is -0.786. The smallest absolute Gasteiger partial charge is 0.203 e. The molecule has 0 radical (unpaired) electrons. The minimum absolute atomic E-state index is 0.278. The number of nitrogens with one attached hydrogen (secondary N) is 3. The van der Waals surface area contributed by atoms with Crippen molar-refractivity contribution in [2.24, 2.45) is 30.7 Å². The molecule has 0 atom stereocenters. The summed E-state index contributed by atoms with van der Waals surface area (Å²) in [6, 6.07) is 48.8. The number of para-hydroxylation sites is 3. The quantitative estimate of drug-likeness (QED) is 0.0641. The number of rotatable bonds is 12. The zero-order valence-electron chi connectivity index (χ0n) is 30.2. The molecular weight excluding hydrogens is 715 g/mol. The van der Waals surface area contributed by atoms with E-state index in [-0.39, 0.29) is 16.7 Å². The van der Waals surface area contributed by atoms with E-state index in [1.807, 2.05) is 91.0 Å². The number of nitrogens with zero attached hydrogens (tertiary/aromatic N) is 6. The van der Waals surface area contributed by atoms with Crippen LogP contribution in [0.5, 0.6) is 0 Å². The van der Waals surface area contributed by atoms with E-state index in [1.54, 1.807) is 72.8 Å². The zero-order valence-corrected chi connectivity index (χ0v) is 30.2. The lowest BCUT2D eigenvalue weighted by molar-refractivity contribution is -0.124. The van der Waals surface area contributed by atoms with Gasteiger partial charge in [-0.3, -0.25) is 14.4 Å². The molecule has 12 nitrogen and oxygen atoms in total. The van der Waals surface area contributed by atoms with E-state index in [9.17, 15) is 14.4 Å². The fourth-order valence-electron chi connectivity index (χ4n) is 5.46. The SMILES string of the molecule is O=C1C(=CNc2ccccc2N=Nc2ccccc2)C(=O)C(=CNc2ccccc2N=Nc2ccccc2)C(=O)C1=CNc1ccccc1N=Nc1ccccc1. The fourth-order valence-corrected chi connectivity index (χ4v) is 5.46. The summed E-state index contributed by atoms with van der Waals surface area (Å²) in [5.74, 6) is -2.36. The molecule has 7 rings (SSSR count). The molecule has 0 amide bonds. The first-order valence-electron chi connectivity index (χ1n) is 17.8. The summed E-state index contributed by atoms with van der Waals surface area (Å²) in [5.41, 5.74) is 3.93. The molecule has 0 heterocycles. The highest BCUT2D eigenvalue weighted by Gasteiger charge is 2.38. The van der Waals surface area contributed by atoms with Gasteiger partial charge in [0.05, 0.1) is 50.8 Å². The molecule has 0 spiro atoms. The van der Waals surface area contributed by atoms with Gasteiger partial charge in [-0.1, -0.05) is 91.0 Å².